The number of halogens is 2. The number of alkyl halides is 1. The molecule has 0 amide bonds. The van der Waals surface area contributed by atoms with E-state index >= 15 is 0 Å². The van der Waals surface area contributed by atoms with Crippen LogP contribution in [-0.4, -0.2) is 5.38 Å². The normalized spacial score (nSPS) is 13.1. The fourth-order valence-electron chi connectivity index (χ4n) is 1.53. The summed E-state index contributed by atoms with van der Waals surface area (Å²) in [5, 5.41) is 0.235. The summed E-state index contributed by atoms with van der Waals surface area (Å²) < 4.78 is 12.9. The maximum atomic E-state index is 12.9. The van der Waals surface area contributed by atoms with Crippen molar-refractivity contribution in [1.82, 2.24) is 0 Å². The summed E-state index contributed by atoms with van der Waals surface area (Å²) in [6.07, 6.45) is 2.93. The topological polar surface area (TPSA) is 0 Å². The molecule has 0 nitrogen and oxygen atoms in total. The zero-order chi connectivity index (χ0) is 11.3. The zero-order valence-electron chi connectivity index (χ0n) is 9.34. The predicted molar refractivity (Wildman–Crippen MR) is 63.8 cm³/mol. The van der Waals surface area contributed by atoms with Gasteiger partial charge in [-0.2, -0.15) is 0 Å². The van der Waals surface area contributed by atoms with Crippen molar-refractivity contribution in [2.24, 2.45) is 5.92 Å². The van der Waals surface area contributed by atoms with E-state index in [1.165, 1.54) is 6.07 Å². The van der Waals surface area contributed by atoms with Gasteiger partial charge in [0.05, 0.1) is 0 Å². The summed E-state index contributed by atoms with van der Waals surface area (Å²) in [5.74, 6) is 0.359. The summed E-state index contributed by atoms with van der Waals surface area (Å²) in [4.78, 5) is 0. The summed E-state index contributed by atoms with van der Waals surface area (Å²) in [6.45, 7) is 4.25. The van der Waals surface area contributed by atoms with Crippen molar-refractivity contribution in [3.63, 3.8) is 0 Å². The van der Waals surface area contributed by atoms with Gasteiger partial charge in [-0.15, -0.1) is 11.6 Å². The second kappa shape index (κ2) is 6.12. The number of benzene rings is 1. The molecule has 0 aliphatic carbocycles. The maximum Gasteiger partial charge on any atom is 0.123 e. The molecule has 1 rings (SSSR count). The van der Waals surface area contributed by atoms with Gasteiger partial charge in [0.15, 0.2) is 0 Å². The molecule has 0 radical (unpaired) electrons. The summed E-state index contributed by atoms with van der Waals surface area (Å²) >= 11 is 6.14. The maximum absolute atomic E-state index is 12.9. The van der Waals surface area contributed by atoms with Crippen LogP contribution in [0.1, 0.15) is 32.3 Å². The predicted octanol–water partition coefficient (Wildman–Crippen LogP) is 4.41. The van der Waals surface area contributed by atoms with E-state index in [1.807, 2.05) is 6.07 Å². The van der Waals surface area contributed by atoms with E-state index in [0.29, 0.717) is 5.92 Å². The Morgan fingerprint density at radius 2 is 2.07 bits per heavy atom. The first-order chi connectivity index (χ1) is 7.09. The Hall–Kier alpha value is -0.560. The van der Waals surface area contributed by atoms with E-state index in [2.05, 4.69) is 13.8 Å². The van der Waals surface area contributed by atoms with E-state index in [0.717, 1.165) is 24.8 Å². The van der Waals surface area contributed by atoms with Crippen LogP contribution in [0.4, 0.5) is 4.39 Å². The van der Waals surface area contributed by atoms with Crippen molar-refractivity contribution in [1.29, 1.82) is 0 Å². The van der Waals surface area contributed by atoms with Crippen LogP contribution in [0.2, 0.25) is 0 Å². The molecule has 84 valence electrons. The number of rotatable bonds is 5. The number of aryl methyl sites for hydroxylation is 1. The zero-order valence-corrected chi connectivity index (χ0v) is 10.1. The van der Waals surface area contributed by atoms with Crippen molar-refractivity contribution in [2.75, 3.05) is 0 Å². The number of hydrogen-bond donors (Lipinski definition) is 0. The Bertz CT molecular complexity index is 296. The number of hydrogen-bond acceptors (Lipinski definition) is 0. The van der Waals surface area contributed by atoms with E-state index in [1.54, 1.807) is 12.1 Å². The van der Waals surface area contributed by atoms with Crippen molar-refractivity contribution in [3.05, 3.63) is 35.6 Å². The molecule has 1 atom stereocenters. The fraction of sp³-hybridized carbons (Fsp3) is 0.538. The van der Waals surface area contributed by atoms with Crippen LogP contribution < -0.4 is 0 Å². The van der Waals surface area contributed by atoms with Crippen LogP contribution in [0, 0.1) is 11.7 Å². The van der Waals surface area contributed by atoms with Gasteiger partial charge in [0, 0.05) is 5.38 Å². The lowest BCUT2D eigenvalue weighted by atomic mass is 10.0. The minimum atomic E-state index is -0.154. The smallest absolute Gasteiger partial charge is 0.123 e. The Labute approximate surface area is 96.5 Å². The highest BCUT2D eigenvalue weighted by atomic mass is 35.5. The minimum absolute atomic E-state index is 0.154. The quantitative estimate of drug-likeness (QED) is 0.655. The third-order valence-corrected chi connectivity index (χ3v) is 3.28. The standard InChI is InChI=1S/C13H18ClF/c1-10(2)13(14)8-4-6-11-5-3-7-12(15)9-11/h3,5,7,9-10,13H,4,6,8H2,1-2H3. The molecular weight excluding hydrogens is 211 g/mol. The first kappa shape index (κ1) is 12.5. The van der Waals surface area contributed by atoms with Crippen LogP contribution in [0.5, 0.6) is 0 Å². The van der Waals surface area contributed by atoms with Crippen molar-refractivity contribution in [2.45, 2.75) is 38.5 Å². The molecule has 0 fully saturated rings. The highest BCUT2D eigenvalue weighted by Gasteiger charge is 2.08. The van der Waals surface area contributed by atoms with Gasteiger partial charge in [-0.05, 0) is 42.9 Å². The van der Waals surface area contributed by atoms with Gasteiger partial charge in [0.2, 0.25) is 0 Å². The highest BCUT2D eigenvalue weighted by Crippen LogP contribution is 2.17. The largest absolute Gasteiger partial charge is 0.207 e. The third-order valence-electron chi connectivity index (χ3n) is 2.56. The second-order valence-corrected chi connectivity index (χ2v) is 4.84. The van der Waals surface area contributed by atoms with E-state index in [-0.39, 0.29) is 11.2 Å². The lowest BCUT2D eigenvalue weighted by Crippen LogP contribution is -2.07. The van der Waals surface area contributed by atoms with Crippen LogP contribution in [-0.2, 0) is 6.42 Å². The lowest BCUT2D eigenvalue weighted by molar-refractivity contribution is 0.546. The van der Waals surface area contributed by atoms with Gasteiger partial charge in [-0.3, -0.25) is 0 Å². The molecule has 0 saturated carbocycles. The van der Waals surface area contributed by atoms with Gasteiger partial charge in [0.25, 0.3) is 0 Å². The second-order valence-electron chi connectivity index (χ2n) is 4.28. The van der Waals surface area contributed by atoms with Crippen LogP contribution >= 0.6 is 11.6 Å². The van der Waals surface area contributed by atoms with Crippen molar-refractivity contribution in [3.8, 4) is 0 Å². The molecule has 2 heteroatoms. The molecule has 0 aliphatic heterocycles. The van der Waals surface area contributed by atoms with E-state index < -0.39 is 0 Å². The Morgan fingerprint density at radius 3 is 2.67 bits per heavy atom. The van der Waals surface area contributed by atoms with Gasteiger partial charge < -0.3 is 0 Å². The van der Waals surface area contributed by atoms with Crippen LogP contribution in [0.15, 0.2) is 24.3 Å². The molecule has 1 aromatic rings. The molecule has 0 aromatic heterocycles. The Kier molecular flexibility index (Phi) is 5.10. The molecule has 0 N–H and O–H groups in total. The fourth-order valence-corrected chi connectivity index (χ4v) is 1.68. The van der Waals surface area contributed by atoms with E-state index in [4.69, 9.17) is 11.6 Å². The molecule has 1 aromatic carbocycles. The third kappa shape index (κ3) is 4.65. The molecule has 15 heavy (non-hydrogen) atoms. The molecule has 0 spiro atoms. The van der Waals surface area contributed by atoms with Crippen LogP contribution in [0.25, 0.3) is 0 Å². The SMILES string of the molecule is CC(C)C(Cl)CCCc1cccc(F)c1. The molecule has 0 heterocycles. The Morgan fingerprint density at radius 1 is 1.33 bits per heavy atom. The molecular formula is C13H18ClF. The van der Waals surface area contributed by atoms with Crippen LogP contribution in [0.3, 0.4) is 0 Å². The summed E-state index contributed by atoms with van der Waals surface area (Å²) in [7, 11) is 0. The minimum Gasteiger partial charge on any atom is -0.207 e. The molecule has 0 bridgehead atoms. The van der Waals surface area contributed by atoms with Gasteiger partial charge >= 0.3 is 0 Å². The van der Waals surface area contributed by atoms with E-state index in [9.17, 15) is 4.39 Å². The Balaban J connectivity index is 2.32. The highest BCUT2D eigenvalue weighted by molar-refractivity contribution is 6.20. The van der Waals surface area contributed by atoms with Crippen molar-refractivity contribution < 1.29 is 4.39 Å². The van der Waals surface area contributed by atoms with Gasteiger partial charge in [-0.25, -0.2) is 4.39 Å². The van der Waals surface area contributed by atoms with Crippen molar-refractivity contribution >= 4 is 11.6 Å². The summed E-state index contributed by atoms with van der Waals surface area (Å²) in [6, 6.07) is 6.79. The molecule has 0 aliphatic rings. The monoisotopic (exact) mass is 228 g/mol. The van der Waals surface area contributed by atoms with Gasteiger partial charge in [0.1, 0.15) is 5.82 Å². The average Bonchev–Trinajstić information content (AvgIpc) is 2.17. The first-order valence-corrected chi connectivity index (χ1v) is 5.91. The molecule has 0 saturated heterocycles. The lowest BCUT2D eigenvalue weighted by Gasteiger charge is -2.12. The molecule has 1 unspecified atom stereocenters. The average molecular weight is 229 g/mol. The summed E-state index contributed by atoms with van der Waals surface area (Å²) in [5.41, 5.74) is 1.06. The van der Waals surface area contributed by atoms with Gasteiger partial charge in [-0.1, -0.05) is 26.0 Å². The first-order valence-electron chi connectivity index (χ1n) is 5.48.